The number of carbonyl (C=O) groups is 2. The smallest absolute Gasteiger partial charge is 0.337 e. The molecule has 0 saturated carbocycles. The van der Waals surface area contributed by atoms with E-state index in [-0.39, 0.29) is 11.3 Å². The van der Waals surface area contributed by atoms with Gasteiger partial charge in [-0.15, -0.1) is 0 Å². The number of nitrogens with one attached hydrogen (secondary N) is 1. The molecule has 0 aliphatic carbocycles. The van der Waals surface area contributed by atoms with E-state index in [1.807, 2.05) is 0 Å². The van der Waals surface area contributed by atoms with Gasteiger partial charge in [-0.1, -0.05) is 45.2 Å². The Hall–Kier alpha value is -1.82. The number of hydrogen-bond donors (Lipinski definition) is 2. The number of hydrogen-bond acceptors (Lipinski definition) is 2. The highest BCUT2D eigenvalue weighted by Crippen LogP contribution is 2.28. The van der Waals surface area contributed by atoms with Crippen molar-refractivity contribution in [2.24, 2.45) is 0 Å². The molecule has 0 radical (unpaired) electrons. The zero-order chi connectivity index (χ0) is 18.7. The second kappa shape index (κ2) is 8.04. The number of amides is 1. The number of carboxylic acids is 1. The molecule has 0 bridgehead atoms. The van der Waals surface area contributed by atoms with Crippen LogP contribution in [-0.2, 0) is 4.79 Å². The van der Waals surface area contributed by atoms with Crippen molar-refractivity contribution in [1.82, 2.24) is 0 Å². The first kappa shape index (κ1) is 19.5. The van der Waals surface area contributed by atoms with E-state index in [1.165, 1.54) is 12.1 Å². The van der Waals surface area contributed by atoms with Gasteiger partial charge in [-0.05, 0) is 54.8 Å². The second-order valence-electron chi connectivity index (χ2n) is 5.40. The summed E-state index contributed by atoms with van der Waals surface area (Å²) in [4.78, 5) is 23.7. The summed E-state index contributed by atoms with van der Waals surface area (Å²) in [5.74, 6) is -1.55. The SMILES string of the molecule is C/C(=C/C(=O)Nc1c(C)cc(Br)cc1C(=O)O)c1ccc(Cl)c(Cl)c1. The molecule has 2 aromatic carbocycles. The van der Waals surface area contributed by atoms with E-state index in [4.69, 9.17) is 23.2 Å². The van der Waals surface area contributed by atoms with Crippen LogP contribution in [0.25, 0.3) is 5.57 Å². The highest BCUT2D eigenvalue weighted by atomic mass is 79.9. The van der Waals surface area contributed by atoms with E-state index in [2.05, 4.69) is 21.2 Å². The topological polar surface area (TPSA) is 66.4 Å². The molecular weight excluding hydrogens is 429 g/mol. The minimum Gasteiger partial charge on any atom is -0.478 e. The van der Waals surface area contributed by atoms with Crippen molar-refractivity contribution in [3.63, 3.8) is 0 Å². The summed E-state index contributed by atoms with van der Waals surface area (Å²) in [6.45, 7) is 3.48. The fraction of sp³-hybridized carbons (Fsp3) is 0.111. The van der Waals surface area contributed by atoms with Crippen molar-refractivity contribution in [3.8, 4) is 0 Å². The molecule has 25 heavy (non-hydrogen) atoms. The van der Waals surface area contributed by atoms with Crippen LogP contribution < -0.4 is 5.32 Å². The Balaban J connectivity index is 2.31. The molecule has 0 saturated heterocycles. The molecule has 0 aliphatic heterocycles. The highest BCUT2D eigenvalue weighted by molar-refractivity contribution is 9.10. The molecule has 1 amide bonds. The van der Waals surface area contributed by atoms with Gasteiger partial charge in [0, 0.05) is 10.5 Å². The fourth-order valence-corrected chi connectivity index (χ4v) is 3.13. The van der Waals surface area contributed by atoms with E-state index in [1.54, 1.807) is 38.1 Å². The molecule has 0 atom stereocenters. The van der Waals surface area contributed by atoms with Crippen LogP contribution in [0.15, 0.2) is 40.9 Å². The molecule has 0 fully saturated rings. The summed E-state index contributed by atoms with van der Waals surface area (Å²) < 4.78 is 0.628. The zero-order valence-electron chi connectivity index (χ0n) is 13.4. The second-order valence-corrected chi connectivity index (χ2v) is 7.13. The van der Waals surface area contributed by atoms with Crippen molar-refractivity contribution in [1.29, 1.82) is 0 Å². The maximum absolute atomic E-state index is 12.3. The molecule has 0 unspecified atom stereocenters. The van der Waals surface area contributed by atoms with E-state index in [0.29, 0.717) is 25.7 Å². The molecule has 0 heterocycles. The van der Waals surface area contributed by atoms with Crippen molar-refractivity contribution >= 4 is 62.3 Å². The number of carbonyl (C=O) groups excluding carboxylic acids is 1. The molecule has 0 aromatic heterocycles. The maximum atomic E-state index is 12.3. The number of aromatic carboxylic acids is 1. The number of halogens is 3. The van der Waals surface area contributed by atoms with E-state index in [9.17, 15) is 14.7 Å². The lowest BCUT2D eigenvalue weighted by Gasteiger charge is -2.12. The molecule has 0 aliphatic rings. The van der Waals surface area contributed by atoms with Crippen LogP contribution in [0.2, 0.25) is 10.0 Å². The van der Waals surface area contributed by atoms with Gasteiger partial charge in [0.1, 0.15) is 0 Å². The van der Waals surface area contributed by atoms with Gasteiger partial charge < -0.3 is 10.4 Å². The summed E-state index contributed by atoms with van der Waals surface area (Å²) in [5.41, 5.74) is 2.33. The first-order chi connectivity index (χ1) is 11.7. The predicted molar refractivity (Wildman–Crippen MR) is 105 cm³/mol. The summed E-state index contributed by atoms with van der Waals surface area (Å²) in [6, 6.07) is 8.24. The summed E-state index contributed by atoms with van der Waals surface area (Å²) in [6.07, 6.45) is 1.38. The largest absolute Gasteiger partial charge is 0.478 e. The molecule has 2 aromatic rings. The molecule has 0 spiro atoms. The molecule has 130 valence electrons. The van der Waals surface area contributed by atoms with Crippen molar-refractivity contribution < 1.29 is 14.7 Å². The third-order valence-electron chi connectivity index (χ3n) is 3.50. The van der Waals surface area contributed by atoms with Crippen LogP contribution in [0, 0.1) is 6.92 Å². The monoisotopic (exact) mass is 441 g/mol. The Kier molecular flexibility index (Phi) is 6.27. The Bertz CT molecular complexity index is 894. The Morgan fingerprint density at radius 1 is 1.16 bits per heavy atom. The van der Waals surface area contributed by atoms with E-state index in [0.717, 1.165) is 5.56 Å². The van der Waals surface area contributed by atoms with Gasteiger partial charge in [0.25, 0.3) is 0 Å². The number of aryl methyl sites for hydroxylation is 1. The molecule has 4 nitrogen and oxygen atoms in total. The lowest BCUT2D eigenvalue weighted by atomic mass is 10.1. The van der Waals surface area contributed by atoms with Crippen LogP contribution in [-0.4, -0.2) is 17.0 Å². The minimum absolute atomic E-state index is 0.0146. The minimum atomic E-state index is -1.12. The average molecular weight is 443 g/mol. The molecule has 2 rings (SSSR count). The average Bonchev–Trinajstić information content (AvgIpc) is 2.52. The van der Waals surface area contributed by atoms with Crippen LogP contribution in [0.3, 0.4) is 0 Å². The maximum Gasteiger partial charge on any atom is 0.337 e. The normalized spacial score (nSPS) is 11.3. The lowest BCUT2D eigenvalue weighted by molar-refractivity contribution is -0.111. The van der Waals surface area contributed by atoms with Gasteiger partial charge in [0.2, 0.25) is 5.91 Å². The van der Waals surface area contributed by atoms with E-state index >= 15 is 0 Å². The number of rotatable bonds is 4. The van der Waals surface area contributed by atoms with Gasteiger partial charge in [-0.3, -0.25) is 4.79 Å². The van der Waals surface area contributed by atoms with Gasteiger partial charge in [-0.25, -0.2) is 4.79 Å². The van der Waals surface area contributed by atoms with E-state index < -0.39 is 11.9 Å². The fourth-order valence-electron chi connectivity index (χ4n) is 2.26. The van der Waals surface area contributed by atoms with Crippen LogP contribution in [0.5, 0.6) is 0 Å². The van der Waals surface area contributed by atoms with Crippen LogP contribution >= 0.6 is 39.1 Å². The van der Waals surface area contributed by atoms with Crippen molar-refractivity contribution in [3.05, 3.63) is 67.6 Å². The first-order valence-electron chi connectivity index (χ1n) is 7.17. The molecular formula is C18H14BrCl2NO3. The Labute approximate surface area is 163 Å². The quantitative estimate of drug-likeness (QED) is 0.587. The third kappa shape index (κ3) is 4.84. The highest BCUT2D eigenvalue weighted by Gasteiger charge is 2.15. The number of carboxylic acid groups (broad SMARTS) is 1. The Morgan fingerprint density at radius 3 is 2.44 bits per heavy atom. The third-order valence-corrected chi connectivity index (χ3v) is 4.70. The number of anilines is 1. The summed E-state index contributed by atoms with van der Waals surface area (Å²) in [7, 11) is 0. The summed E-state index contributed by atoms with van der Waals surface area (Å²) in [5, 5.41) is 12.8. The van der Waals surface area contributed by atoms with Crippen molar-refractivity contribution in [2.45, 2.75) is 13.8 Å². The first-order valence-corrected chi connectivity index (χ1v) is 8.72. The molecule has 2 N–H and O–H groups in total. The van der Waals surface area contributed by atoms with Crippen molar-refractivity contribution in [2.75, 3.05) is 5.32 Å². The van der Waals surface area contributed by atoms with Gasteiger partial charge in [-0.2, -0.15) is 0 Å². The molecule has 7 heteroatoms. The zero-order valence-corrected chi connectivity index (χ0v) is 16.5. The van der Waals surface area contributed by atoms with Gasteiger partial charge >= 0.3 is 5.97 Å². The van der Waals surface area contributed by atoms with Crippen LogP contribution in [0.1, 0.15) is 28.4 Å². The lowest BCUT2D eigenvalue weighted by Crippen LogP contribution is -2.14. The predicted octanol–water partition coefficient (Wildman–Crippen LogP) is 5.80. The number of benzene rings is 2. The van der Waals surface area contributed by atoms with Crippen LogP contribution in [0.4, 0.5) is 5.69 Å². The summed E-state index contributed by atoms with van der Waals surface area (Å²) >= 11 is 15.1. The Morgan fingerprint density at radius 2 is 1.84 bits per heavy atom. The standard InChI is InChI=1S/C18H14BrCl2NO3/c1-9(11-3-4-14(20)15(21)7-11)6-16(23)22-17-10(2)5-12(19)8-13(17)18(24)25/h3-8H,1-2H3,(H,22,23)(H,24,25)/b9-6-. The number of allylic oxidation sites excluding steroid dienone is 1. The van der Waals surface area contributed by atoms with Gasteiger partial charge in [0.05, 0.1) is 21.3 Å². The van der Waals surface area contributed by atoms with Gasteiger partial charge in [0.15, 0.2) is 0 Å².